The van der Waals surface area contributed by atoms with Crippen molar-refractivity contribution in [2.45, 2.75) is 9.79 Å². The Labute approximate surface area is 145 Å². The van der Waals surface area contributed by atoms with Gasteiger partial charge in [-0.1, -0.05) is 0 Å². The van der Waals surface area contributed by atoms with Gasteiger partial charge in [0.25, 0.3) is 20.2 Å². The van der Waals surface area contributed by atoms with Crippen LogP contribution in [0.15, 0.2) is 28.0 Å². The van der Waals surface area contributed by atoms with Gasteiger partial charge < -0.3 is 7.96 Å². The van der Waals surface area contributed by atoms with Gasteiger partial charge in [0.05, 0.1) is 0 Å². The second-order valence-corrected chi connectivity index (χ2v) is 5.36. The number of rotatable bonds is 2. The molecule has 0 aromatic heterocycles. The summed E-state index contributed by atoms with van der Waals surface area (Å²) < 4.78 is 60.1. The molecule has 3 N–H and O–H groups in total. The molecule has 0 heterocycles. The number of hydrogen-bond donors (Lipinski definition) is 3. The van der Waals surface area contributed by atoms with Crippen molar-refractivity contribution in [3.63, 3.8) is 0 Å². The van der Waals surface area contributed by atoms with Crippen LogP contribution in [0.5, 0.6) is 5.75 Å². The fraction of sp³-hybridized carbons (Fsp3) is 0. The quantitative estimate of drug-likeness (QED) is 0.366. The number of hydrogen-bond acceptors (Lipinski definition) is 5. The van der Waals surface area contributed by atoms with Gasteiger partial charge in [-0.3, -0.25) is 9.11 Å². The number of aromatic hydroxyl groups is 1. The van der Waals surface area contributed by atoms with Gasteiger partial charge in [-0.15, -0.1) is 0 Å². The SMILES string of the molecule is O=S(=O)(O)c1ccc(O)cc1S(=O)(=O)O.[H-].[H-].[Na+].[Na+]. The minimum absolute atomic E-state index is 0. The minimum Gasteiger partial charge on any atom is -1.00 e. The summed E-state index contributed by atoms with van der Waals surface area (Å²) in [5.74, 6) is -0.560. The van der Waals surface area contributed by atoms with E-state index in [1.165, 1.54) is 0 Å². The normalized spacial score (nSPS) is 11.2. The first kappa shape index (κ1) is 20.2. The van der Waals surface area contributed by atoms with Gasteiger partial charge in [0.15, 0.2) is 0 Å². The molecule has 0 saturated heterocycles. The zero-order chi connectivity index (χ0) is 11.9. The molecule has 0 unspecified atom stereocenters. The Bertz CT molecular complexity index is 602. The fourth-order valence-corrected chi connectivity index (χ4v) is 2.69. The Kier molecular flexibility index (Phi) is 8.12. The van der Waals surface area contributed by atoms with E-state index in [1.54, 1.807) is 0 Å². The topological polar surface area (TPSA) is 129 Å². The summed E-state index contributed by atoms with van der Waals surface area (Å²) in [6.07, 6.45) is 0. The fourth-order valence-electron chi connectivity index (χ4n) is 0.911. The molecule has 88 valence electrons. The van der Waals surface area contributed by atoms with E-state index < -0.39 is 35.8 Å². The van der Waals surface area contributed by atoms with Crippen molar-refractivity contribution in [1.29, 1.82) is 0 Å². The van der Waals surface area contributed by atoms with Gasteiger partial charge in [0, 0.05) is 6.07 Å². The Morgan fingerprint density at radius 3 is 1.65 bits per heavy atom. The minimum atomic E-state index is -4.84. The molecule has 1 rings (SSSR count). The first-order valence-corrected chi connectivity index (χ1v) is 6.28. The first-order valence-electron chi connectivity index (χ1n) is 3.40. The van der Waals surface area contributed by atoms with Crippen LogP contribution in [0.4, 0.5) is 0 Å². The van der Waals surface area contributed by atoms with Gasteiger partial charge in [-0.05, 0) is 12.1 Å². The van der Waals surface area contributed by atoms with Crippen LogP contribution in [0.2, 0.25) is 0 Å². The molecule has 11 heteroatoms. The zero-order valence-corrected chi connectivity index (χ0v) is 14.7. The van der Waals surface area contributed by atoms with E-state index in [4.69, 9.17) is 14.2 Å². The smallest absolute Gasteiger partial charge is 1.00 e. The van der Waals surface area contributed by atoms with Crippen LogP contribution in [0.25, 0.3) is 0 Å². The summed E-state index contributed by atoms with van der Waals surface area (Å²) in [6, 6.07) is 2.03. The van der Waals surface area contributed by atoms with Crippen LogP contribution in [0.3, 0.4) is 0 Å². The molecule has 0 saturated carbocycles. The summed E-state index contributed by atoms with van der Waals surface area (Å²) in [5, 5.41) is 8.91. The Morgan fingerprint density at radius 2 is 1.29 bits per heavy atom. The molecule has 7 nitrogen and oxygen atoms in total. The molecule has 0 aliphatic heterocycles. The summed E-state index contributed by atoms with van der Waals surface area (Å²) >= 11 is 0. The van der Waals surface area contributed by atoms with E-state index in [2.05, 4.69) is 0 Å². The van der Waals surface area contributed by atoms with E-state index >= 15 is 0 Å². The summed E-state index contributed by atoms with van der Waals surface area (Å²) in [5.41, 5.74) is 0. The molecule has 0 amide bonds. The maximum Gasteiger partial charge on any atom is 1.00 e. The van der Waals surface area contributed by atoms with Gasteiger partial charge in [-0.25, -0.2) is 0 Å². The maximum atomic E-state index is 10.7. The predicted octanol–water partition coefficient (Wildman–Crippen LogP) is -5.88. The van der Waals surface area contributed by atoms with Crippen molar-refractivity contribution in [1.82, 2.24) is 0 Å². The van der Waals surface area contributed by atoms with E-state index in [1.807, 2.05) is 0 Å². The predicted molar refractivity (Wildman–Crippen MR) is 50.0 cm³/mol. The van der Waals surface area contributed by atoms with Crippen molar-refractivity contribution in [3.05, 3.63) is 18.2 Å². The molecule has 0 aliphatic carbocycles. The molecule has 1 aromatic carbocycles. The summed E-state index contributed by atoms with van der Waals surface area (Å²) in [4.78, 5) is -2.08. The molecule has 0 aliphatic rings. The van der Waals surface area contributed by atoms with Crippen molar-refractivity contribution >= 4 is 20.2 Å². The van der Waals surface area contributed by atoms with Gasteiger partial charge >= 0.3 is 59.1 Å². The molecule has 0 radical (unpaired) electrons. The second-order valence-electron chi connectivity index (χ2n) is 2.58. The second kappa shape index (κ2) is 6.85. The zero-order valence-electron chi connectivity index (χ0n) is 11.0. The summed E-state index contributed by atoms with van der Waals surface area (Å²) in [7, 11) is -9.62. The largest absolute Gasteiger partial charge is 1.00 e. The van der Waals surface area contributed by atoms with Crippen molar-refractivity contribution in [2.24, 2.45) is 0 Å². The van der Waals surface area contributed by atoms with Crippen LogP contribution in [-0.4, -0.2) is 31.0 Å². The molecule has 17 heavy (non-hydrogen) atoms. The van der Waals surface area contributed by atoms with E-state index in [9.17, 15) is 16.8 Å². The third-order valence-corrected chi connectivity index (χ3v) is 3.42. The third-order valence-electron chi connectivity index (χ3n) is 1.48. The average Bonchev–Trinajstić information content (AvgIpc) is 2.00. The summed E-state index contributed by atoms with van der Waals surface area (Å²) in [6.45, 7) is 0. The Balaban J connectivity index is -0.000000281. The van der Waals surface area contributed by atoms with Gasteiger partial charge in [0.2, 0.25) is 0 Å². The average molecular weight is 302 g/mol. The van der Waals surface area contributed by atoms with Crippen LogP contribution >= 0.6 is 0 Å². The van der Waals surface area contributed by atoms with Gasteiger partial charge in [0.1, 0.15) is 15.5 Å². The van der Waals surface area contributed by atoms with Crippen molar-refractivity contribution < 1.29 is 93.0 Å². The van der Waals surface area contributed by atoms with E-state index in [-0.39, 0.29) is 62.0 Å². The standard InChI is InChI=1S/C6H6O7S2.2Na.2H/c7-4-1-2-5(14(8,9)10)6(3-4)15(11,12)13;;;;/h1-3,7H,(H,8,9,10)(H,11,12,13);;;;/q;2*+1;2*-1. The van der Waals surface area contributed by atoms with Crippen LogP contribution < -0.4 is 59.1 Å². The molecule has 1 aromatic rings. The number of benzene rings is 1. The first-order chi connectivity index (χ1) is 6.62. The molecular weight excluding hydrogens is 294 g/mol. The third kappa shape index (κ3) is 5.55. The Hall–Kier alpha value is 0.840. The van der Waals surface area contributed by atoms with Gasteiger partial charge in [-0.2, -0.15) is 16.8 Å². The number of phenolic OH excluding ortho intramolecular Hbond substituents is 1. The van der Waals surface area contributed by atoms with Crippen molar-refractivity contribution in [2.75, 3.05) is 0 Å². The van der Waals surface area contributed by atoms with E-state index in [0.717, 1.165) is 6.07 Å². The van der Waals surface area contributed by atoms with Crippen LogP contribution in [0, 0.1) is 0 Å². The molecule has 0 fully saturated rings. The number of phenols is 1. The molecule has 0 spiro atoms. The van der Waals surface area contributed by atoms with Crippen molar-refractivity contribution in [3.8, 4) is 5.75 Å². The van der Waals surface area contributed by atoms with Crippen LogP contribution in [0.1, 0.15) is 2.85 Å². The monoisotopic (exact) mass is 302 g/mol. The van der Waals surface area contributed by atoms with Crippen LogP contribution in [-0.2, 0) is 20.2 Å². The Morgan fingerprint density at radius 1 is 0.882 bits per heavy atom. The molecular formula is C6H8Na2O7S2. The maximum absolute atomic E-state index is 10.7. The molecule has 0 bridgehead atoms. The molecule has 0 atom stereocenters. The van der Waals surface area contributed by atoms with E-state index in [0.29, 0.717) is 12.1 Å².